The molecule has 0 saturated heterocycles. The lowest BCUT2D eigenvalue weighted by Crippen LogP contribution is -2.03. The Labute approximate surface area is 101 Å². The highest BCUT2D eigenvalue weighted by molar-refractivity contribution is 5.09. The molecule has 0 unspecified atom stereocenters. The third-order valence-corrected chi connectivity index (χ3v) is 2.35. The first kappa shape index (κ1) is 15.0. The minimum Gasteiger partial charge on any atom is -0.516 e. The predicted molar refractivity (Wildman–Crippen MR) is 72.6 cm³/mol. The molecule has 0 aliphatic carbocycles. The van der Waals surface area contributed by atoms with Crippen molar-refractivity contribution < 1.29 is 5.11 Å². The van der Waals surface area contributed by atoms with Crippen molar-refractivity contribution in [3.8, 4) is 0 Å². The highest BCUT2D eigenvalue weighted by atomic mass is 16.2. The first-order valence-electron chi connectivity index (χ1n) is 6.19. The van der Waals surface area contributed by atoms with E-state index in [9.17, 15) is 0 Å². The van der Waals surface area contributed by atoms with Crippen LogP contribution in [0.4, 0.5) is 0 Å². The highest BCUT2D eigenvalue weighted by Gasteiger charge is 2.08. The third-order valence-electron chi connectivity index (χ3n) is 2.35. The van der Waals surface area contributed by atoms with Gasteiger partial charge >= 0.3 is 0 Å². The van der Waals surface area contributed by atoms with Crippen molar-refractivity contribution in [2.75, 3.05) is 0 Å². The Bertz CT molecular complexity index is 228. The van der Waals surface area contributed by atoms with E-state index in [0.29, 0.717) is 5.41 Å². The zero-order chi connectivity index (χ0) is 12.3. The van der Waals surface area contributed by atoms with Gasteiger partial charge in [-0.15, -0.1) is 0 Å². The molecule has 0 amide bonds. The van der Waals surface area contributed by atoms with E-state index < -0.39 is 0 Å². The lowest BCUT2D eigenvalue weighted by atomic mass is 9.89. The van der Waals surface area contributed by atoms with Gasteiger partial charge in [0.05, 0.1) is 6.26 Å². The van der Waals surface area contributed by atoms with Gasteiger partial charge in [-0.25, -0.2) is 0 Å². The quantitative estimate of drug-likeness (QED) is 0.358. The Balaban J connectivity index is 3.33. The summed E-state index contributed by atoms with van der Waals surface area (Å²) in [4.78, 5) is 0. The molecular weight excluding hydrogens is 196 g/mol. The molecule has 0 aromatic heterocycles. The zero-order valence-electron chi connectivity index (χ0n) is 10.9. The van der Waals surface area contributed by atoms with E-state index in [0.717, 1.165) is 12.7 Å². The van der Waals surface area contributed by atoms with E-state index in [1.165, 1.54) is 25.7 Å². The number of aliphatic hydroxyl groups is 1. The van der Waals surface area contributed by atoms with Crippen LogP contribution >= 0.6 is 0 Å². The van der Waals surface area contributed by atoms with Gasteiger partial charge in [0.2, 0.25) is 0 Å². The minimum absolute atomic E-state index is 0.481. The monoisotopic (exact) mass is 222 g/mol. The van der Waals surface area contributed by atoms with Crippen molar-refractivity contribution in [2.24, 2.45) is 5.41 Å². The SMILES string of the molecule is CC(C)(C)CCCCCC=CC=CC=CO. The van der Waals surface area contributed by atoms with Gasteiger partial charge in [-0.3, -0.25) is 0 Å². The molecule has 0 spiro atoms. The van der Waals surface area contributed by atoms with Crippen LogP contribution in [-0.4, -0.2) is 5.11 Å². The first-order chi connectivity index (χ1) is 7.56. The van der Waals surface area contributed by atoms with E-state index in [1.54, 1.807) is 6.08 Å². The summed E-state index contributed by atoms with van der Waals surface area (Å²) >= 11 is 0. The van der Waals surface area contributed by atoms with Crippen LogP contribution in [0.2, 0.25) is 0 Å². The van der Waals surface area contributed by atoms with Gasteiger partial charge in [0.15, 0.2) is 0 Å². The molecule has 0 heterocycles. The Hall–Kier alpha value is -0.980. The molecule has 1 N–H and O–H groups in total. The molecule has 0 fully saturated rings. The summed E-state index contributed by atoms with van der Waals surface area (Å²) in [7, 11) is 0. The maximum atomic E-state index is 8.38. The summed E-state index contributed by atoms with van der Waals surface area (Å²) < 4.78 is 0. The molecular formula is C15H26O. The van der Waals surface area contributed by atoms with Crippen molar-refractivity contribution in [2.45, 2.75) is 52.9 Å². The molecule has 0 saturated carbocycles. The second-order valence-corrected chi connectivity index (χ2v) is 5.31. The molecule has 16 heavy (non-hydrogen) atoms. The van der Waals surface area contributed by atoms with Gasteiger partial charge in [0, 0.05) is 0 Å². The van der Waals surface area contributed by atoms with Crippen LogP contribution in [0.25, 0.3) is 0 Å². The lowest BCUT2D eigenvalue weighted by Gasteiger charge is -2.17. The minimum atomic E-state index is 0.481. The van der Waals surface area contributed by atoms with Crippen LogP contribution in [-0.2, 0) is 0 Å². The molecule has 1 nitrogen and oxygen atoms in total. The normalized spacial score (nSPS) is 13.4. The summed E-state index contributed by atoms with van der Waals surface area (Å²) in [5.74, 6) is 0. The number of hydrogen-bond donors (Lipinski definition) is 1. The molecule has 0 atom stereocenters. The fourth-order valence-corrected chi connectivity index (χ4v) is 1.45. The topological polar surface area (TPSA) is 20.2 Å². The van der Waals surface area contributed by atoms with E-state index >= 15 is 0 Å². The fraction of sp³-hybridized carbons (Fsp3) is 0.600. The third kappa shape index (κ3) is 13.0. The van der Waals surface area contributed by atoms with Crippen molar-refractivity contribution in [3.63, 3.8) is 0 Å². The van der Waals surface area contributed by atoms with E-state index in [2.05, 4.69) is 26.8 Å². The summed E-state index contributed by atoms with van der Waals surface area (Å²) in [5, 5.41) is 8.38. The van der Waals surface area contributed by atoms with Crippen molar-refractivity contribution in [3.05, 3.63) is 36.6 Å². The van der Waals surface area contributed by atoms with E-state index in [-0.39, 0.29) is 0 Å². The molecule has 0 radical (unpaired) electrons. The molecule has 0 bridgehead atoms. The van der Waals surface area contributed by atoms with Crippen LogP contribution in [0.5, 0.6) is 0 Å². The summed E-state index contributed by atoms with van der Waals surface area (Å²) in [5.41, 5.74) is 0.481. The summed E-state index contributed by atoms with van der Waals surface area (Å²) in [6.45, 7) is 6.89. The molecule has 0 rings (SSSR count). The standard InChI is InChI=1S/C15H26O/c1-15(2,3)13-11-9-7-5-4-6-8-10-12-14-16/h4,6,8,10,12,14,16H,5,7,9,11,13H2,1-3H3. The molecule has 1 heteroatoms. The average molecular weight is 222 g/mol. The number of hydrogen-bond acceptors (Lipinski definition) is 1. The Morgan fingerprint density at radius 1 is 0.875 bits per heavy atom. The van der Waals surface area contributed by atoms with Crippen LogP contribution in [0.15, 0.2) is 36.6 Å². The molecule has 92 valence electrons. The highest BCUT2D eigenvalue weighted by Crippen LogP contribution is 2.22. The molecule has 0 aliphatic heterocycles. The lowest BCUT2D eigenvalue weighted by molar-refractivity contribution is 0.358. The number of rotatable bonds is 7. The van der Waals surface area contributed by atoms with Gasteiger partial charge < -0.3 is 5.11 Å². The van der Waals surface area contributed by atoms with Gasteiger partial charge in [0.25, 0.3) is 0 Å². The first-order valence-corrected chi connectivity index (χ1v) is 6.19. The smallest absolute Gasteiger partial charge is 0.0791 e. The number of allylic oxidation sites excluding steroid dienone is 5. The largest absolute Gasteiger partial charge is 0.516 e. The van der Waals surface area contributed by atoms with Gasteiger partial charge in [-0.1, -0.05) is 57.9 Å². The molecule has 0 aromatic rings. The zero-order valence-corrected chi connectivity index (χ0v) is 10.9. The maximum absolute atomic E-state index is 8.38. The maximum Gasteiger partial charge on any atom is 0.0791 e. The van der Waals surface area contributed by atoms with Crippen molar-refractivity contribution in [1.82, 2.24) is 0 Å². The molecule has 0 aliphatic rings. The van der Waals surface area contributed by atoms with Gasteiger partial charge in [0.1, 0.15) is 0 Å². The van der Waals surface area contributed by atoms with Crippen LogP contribution in [0.3, 0.4) is 0 Å². The fourth-order valence-electron chi connectivity index (χ4n) is 1.45. The van der Waals surface area contributed by atoms with Crippen LogP contribution in [0, 0.1) is 5.41 Å². The van der Waals surface area contributed by atoms with Crippen LogP contribution in [0.1, 0.15) is 52.9 Å². The Kier molecular flexibility index (Phi) is 8.69. The van der Waals surface area contributed by atoms with E-state index in [1.807, 2.05) is 18.2 Å². The molecule has 0 aromatic carbocycles. The second-order valence-electron chi connectivity index (χ2n) is 5.31. The van der Waals surface area contributed by atoms with E-state index in [4.69, 9.17) is 5.11 Å². The van der Waals surface area contributed by atoms with Crippen LogP contribution < -0.4 is 0 Å². The number of unbranched alkanes of at least 4 members (excludes halogenated alkanes) is 3. The van der Waals surface area contributed by atoms with Crippen molar-refractivity contribution in [1.29, 1.82) is 0 Å². The summed E-state index contributed by atoms with van der Waals surface area (Å²) in [6, 6.07) is 0. The van der Waals surface area contributed by atoms with Crippen molar-refractivity contribution >= 4 is 0 Å². The predicted octanol–water partition coefficient (Wildman–Crippen LogP) is 5.17. The Morgan fingerprint density at radius 3 is 2.19 bits per heavy atom. The second kappa shape index (κ2) is 9.26. The Morgan fingerprint density at radius 2 is 1.56 bits per heavy atom. The van der Waals surface area contributed by atoms with Gasteiger partial charge in [-0.05, 0) is 30.8 Å². The summed E-state index contributed by atoms with van der Waals surface area (Å²) in [6.07, 6.45) is 17.0. The van der Waals surface area contributed by atoms with Gasteiger partial charge in [-0.2, -0.15) is 0 Å². The number of aliphatic hydroxyl groups excluding tert-OH is 1. The average Bonchev–Trinajstić information content (AvgIpc) is 2.19.